The van der Waals surface area contributed by atoms with Gasteiger partial charge in [0.1, 0.15) is 12.4 Å². The molecule has 0 saturated heterocycles. The zero-order chi connectivity index (χ0) is 27.7. The Morgan fingerprint density at radius 2 is 1.82 bits per heavy atom. The first-order valence-corrected chi connectivity index (χ1v) is 12.0. The minimum absolute atomic E-state index is 0.0242. The third-order valence-corrected chi connectivity index (χ3v) is 6.38. The van der Waals surface area contributed by atoms with E-state index in [1.165, 1.54) is 12.1 Å². The summed E-state index contributed by atoms with van der Waals surface area (Å²) in [5.74, 6) is 0.908. The molecule has 11 heteroatoms. The molecular weight excluding hydrogens is 511 g/mol. The number of rotatable bonds is 7. The summed E-state index contributed by atoms with van der Waals surface area (Å²) in [6.45, 7) is 3.86. The number of alkyl halides is 3. The molecule has 5 rings (SSSR count). The molecule has 0 aliphatic rings. The Labute approximate surface area is 221 Å². The lowest BCUT2D eigenvalue weighted by Crippen LogP contribution is -2.21. The van der Waals surface area contributed by atoms with E-state index in [4.69, 9.17) is 9.26 Å². The lowest BCUT2D eigenvalue weighted by molar-refractivity contribution is -0.137. The quantitative estimate of drug-likeness (QED) is 0.271. The molecule has 0 spiro atoms. The SMILES string of the molecule is Cc1cc(C(F)(F)F)ccc1OCc1c(-c2nc(-c3cccc(Cn4c(C)cccc4=O)c3)no2)cnn1C. The standard InChI is InChI=1S/C28H24F3N5O3/c1-17-12-21(28(29,30)31)10-11-24(17)38-16-23-22(14-32-35(23)3)27-33-26(34-39-27)20-8-5-7-19(13-20)15-36-18(2)6-4-9-25(36)37/h4-14H,15-16H2,1-3H3. The molecule has 39 heavy (non-hydrogen) atoms. The first-order chi connectivity index (χ1) is 18.6. The van der Waals surface area contributed by atoms with E-state index < -0.39 is 11.7 Å². The first kappa shape index (κ1) is 26.0. The molecule has 3 heterocycles. The molecule has 0 N–H and O–H groups in total. The van der Waals surface area contributed by atoms with Crippen molar-refractivity contribution in [3.05, 3.63) is 105 Å². The summed E-state index contributed by atoms with van der Waals surface area (Å²) in [6, 6.07) is 16.0. The van der Waals surface area contributed by atoms with Crippen LogP contribution in [0.25, 0.3) is 22.8 Å². The van der Waals surface area contributed by atoms with Gasteiger partial charge in [-0.2, -0.15) is 23.3 Å². The van der Waals surface area contributed by atoms with Crippen LogP contribution >= 0.6 is 0 Å². The normalized spacial score (nSPS) is 11.6. The van der Waals surface area contributed by atoms with Gasteiger partial charge in [0.2, 0.25) is 5.82 Å². The van der Waals surface area contributed by atoms with Crippen molar-refractivity contribution in [2.75, 3.05) is 0 Å². The van der Waals surface area contributed by atoms with Crippen LogP contribution in [0, 0.1) is 13.8 Å². The van der Waals surface area contributed by atoms with Crippen molar-refractivity contribution in [1.82, 2.24) is 24.5 Å². The van der Waals surface area contributed by atoms with Crippen molar-refractivity contribution in [3.63, 3.8) is 0 Å². The number of pyridine rings is 1. The maximum Gasteiger partial charge on any atom is 0.416 e. The van der Waals surface area contributed by atoms with Gasteiger partial charge < -0.3 is 13.8 Å². The number of hydrogen-bond acceptors (Lipinski definition) is 6. The van der Waals surface area contributed by atoms with Gasteiger partial charge in [-0.25, -0.2) is 0 Å². The van der Waals surface area contributed by atoms with Crippen molar-refractivity contribution in [2.24, 2.45) is 7.05 Å². The summed E-state index contributed by atoms with van der Waals surface area (Å²) in [4.78, 5) is 16.8. The highest BCUT2D eigenvalue weighted by Crippen LogP contribution is 2.33. The molecule has 0 fully saturated rings. The monoisotopic (exact) mass is 535 g/mol. The Balaban J connectivity index is 1.36. The second-order valence-electron chi connectivity index (χ2n) is 9.11. The summed E-state index contributed by atoms with van der Waals surface area (Å²) in [7, 11) is 1.72. The maximum absolute atomic E-state index is 13.0. The van der Waals surface area contributed by atoms with E-state index in [2.05, 4.69) is 15.2 Å². The minimum atomic E-state index is -4.42. The van der Waals surface area contributed by atoms with Crippen molar-refractivity contribution in [3.8, 4) is 28.6 Å². The van der Waals surface area contributed by atoms with Crippen LogP contribution in [0.2, 0.25) is 0 Å². The zero-order valence-electron chi connectivity index (χ0n) is 21.4. The molecule has 5 aromatic rings. The van der Waals surface area contributed by atoms with Crippen molar-refractivity contribution >= 4 is 0 Å². The average molecular weight is 536 g/mol. The summed E-state index contributed by atoms with van der Waals surface area (Å²) in [5.41, 5.74) is 3.17. The topological polar surface area (TPSA) is 88.0 Å². The average Bonchev–Trinajstić information content (AvgIpc) is 3.52. The predicted octanol–water partition coefficient (Wildman–Crippen LogP) is 5.56. The molecule has 0 amide bonds. The Morgan fingerprint density at radius 3 is 2.56 bits per heavy atom. The summed E-state index contributed by atoms with van der Waals surface area (Å²) in [5, 5.41) is 8.38. The molecule has 2 aromatic carbocycles. The van der Waals surface area contributed by atoms with Crippen LogP contribution in [0.1, 0.15) is 28.1 Å². The molecule has 0 aliphatic carbocycles. The van der Waals surface area contributed by atoms with Gasteiger partial charge in [-0.15, -0.1) is 0 Å². The van der Waals surface area contributed by atoms with Gasteiger partial charge in [0, 0.05) is 24.4 Å². The van der Waals surface area contributed by atoms with Crippen LogP contribution in [0.5, 0.6) is 5.75 Å². The highest BCUT2D eigenvalue weighted by Gasteiger charge is 2.30. The number of hydrogen-bond donors (Lipinski definition) is 0. The van der Waals surface area contributed by atoms with E-state index >= 15 is 0 Å². The molecule has 0 saturated carbocycles. The van der Waals surface area contributed by atoms with Crippen LogP contribution < -0.4 is 10.3 Å². The fraction of sp³-hybridized carbons (Fsp3) is 0.214. The van der Waals surface area contributed by atoms with Gasteiger partial charge in [-0.3, -0.25) is 9.48 Å². The van der Waals surface area contributed by atoms with Crippen LogP contribution in [0.4, 0.5) is 13.2 Å². The van der Waals surface area contributed by atoms with Gasteiger partial charge in [0.25, 0.3) is 11.4 Å². The molecular formula is C28H24F3N5O3. The third kappa shape index (κ3) is 5.47. The number of ether oxygens (including phenoxy) is 1. The van der Waals surface area contributed by atoms with Crippen LogP contribution in [0.3, 0.4) is 0 Å². The molecule has 3 aromatic heterocycles. The smallest absolute Gasteiger partial charge is 0.416 e. The third-order valence-electron chi connectivity index (χ3n) is 6.38. The fourth-order valence-electron chi connectivity index (χ4n) is 4.21. The summed E-state index contributed by atoms with van der Waals surface area (Å²) >= 11 is 0. The molecule has 0 radical (unpaired) electrons. The van der Waals surface area contributed by atoms with Crippen LogP contribution in [-0.2, 0) is 26.4 Å². The van der Waals surface area contributed by atoms with Crippen LogP contribution in [-0.4, -0.2) is 24.5 Å². The predicted molar refractivity (Wildman–Crippen MR) is 137 cm³/mol. The van der Waals surface area contributed by atoms with Gasteiger partial charge >= 0.3 is 6.18 Å². The highest BCUT2D eigenvalue weighted by molar-refractivity contribution is 5.61. The van der Waals surface area contributed by atoms with Crippen molar-refractivity contribution in [2.45, 2.75) is 33.2 Å². The van der Waals surface area contributed by atoms with Crippen LogP contribution in [0.15, 0.2) is 76.2 Å². The Morgan fingerprint density at radius 1 is 1.03 bits per heavy atom. The number of nitrogens with zero attached hydrogens (tertiary/aromatic N) is 5. The van der Waals surface area contributed by atoms with E-state index in [0.29, 0.717) is 40.5 Å². The minimum Gasteiger partial charge on any atom is -0.487 e. The number of halogens is 3. The fourth-order valence-corrected chi connectivity index (χ4v) is 4.21. The molecule has 0 unspecified atom stereocenters. The summed E-state index contributed by atoms with van der Waals surface area (Å²) < 4.78 is 53.6. The number of aryl methyl sites for hydroxylation is 3. The van der Waals surface area contributed by atoms with E-state index in [-0.39, 0.29) is 18.1 Å². The lowest BCUT2D eigenvalue weighted by Gasteiger charge is -2.13. The van der Waals surface area contributed by atoms with Gasteiger partial charge in [0.05, 0.1) is 29.6 Å². The summed E-state index contributed by atoms with van der Waals surface area (Å²) in [6.07, 6.45) is -2.86. The molecule has 0 atom stereocenters. The van der Waals surface area contributed by atoms with E-state index in [1.807, 2.05) is 37.3 Å². The maximum atomic E-state index is 13.0. The Kier molecular flexibility index (Phi) is 6.81. The van der Waals surface area contributed by atoms with E-state index in [9.17, 15) is 18.0 Å². The van der Waals surface area contributed by atoms with E-state index in [1.54, 1.807) is 35.5 Å². The van der Waals surface area contributed by atoms with Gasteiger partial charge in [0.15, 0.2) is 0 Å². The molecule has 8 nitrogen and oxygen atoms in total. The second-order valence-corrected chi connectivity index (χ2v) is 9.11. The van der Waals surface area contributed by atoms with Crippen molar-refractivity contribution in [1.29, 1.82) is 0 Å². The first-order valence-electron chi connectivity index (χ1n) is 12.0. The lowest BCUT2D eigenvalue weighted by atomic mass is 10.1. The number of benzene rings is 2. The second kappa shape index (κ2) is 10.2. The molecule has 0 aliphatic heterocycles. The zero-order valence-corrected chi connectivity index (χ0v) is 21.4. The van der Waals surface area contributed by atoms with Gasteiger partial charge in [-0.05, 0) is 55.3 Å². The molecule has 200 valence electrons. The molecule has 0 bridgehead atoms. The highest BCUT2D eigenvalue weighted by atomic mass is 19.4. The largest absolute Gasteiger partial charge is 0.487 e. The van der Waals surface area contributed by atoms with Gasteiger partial charge in [-0.1, -0.05) is 29.4 Å². The van der Waals surface area contributed by atoms with E-state index in [0.717, 1.165) is 23.4 Å². The Hall–Kier alpha value is -4.67. The number of aromatic nitrogens is 5. The Bertz CT molecular complexity index is 1700. The van der Waals surface area contributed by atoms with Crippen molar-refractivity contribution < 1.29 is 22.4 Å².